The van der Waals surface area contributed by atoms with Crippen LogP contribution in [-0.2, 0) is 4.79 Å². The first-order valence-electron chi connectivity index (χ1n) is 8.78. The number of carbonyl (C=O) groups excluding carboxylic acids is 2. The number of fused-ring (bicyclic) bond motifs is 1. The van der Waals surface area contributed by atoms with Crippen LogP contribution < -0.4 is 25.0 Å². The third-order valence-corrected chi connectivity index (χ3v) is 3.68. The number of ether oxygens (including phenoxy) is 3. The van der Waals surface area contributed by atoms with Gasteiger partial charge in [0.25, 0.3) is 11.8 Å². The van der Waals surface area contributed by atoms with E-state index in [2.05, 4.69) is 15.8 Å². The Kier molecular flexibility index (Phi) is 6.11. The summed E-state index contributed by atoms with van der Waals surface area (Å²) in [6.07, 6.45) is 1.57. The molecule has 146 valence electrons. The van der Waals surface area contributed by atoms with Gasteiger partial charge in [0.1, 0.15) is 5.75 Å². The third-order valence-electron chi connectivity index (χ3n) is 3.68. The molecular weight excluding hydrogens is 362 g/mol. The van der Waals surface area contributed by atoms with Gasteiger partial charge in [-0.15, -0.1) is 0 Å². The van der Waals surface area contributed by atoms with Crippen molar-refractivity contribution in [3.63, 3.8) is 0 Å². The smallest absolute Gasteiger partial charge is 0.259 e. The quantitative estimate of drug-likeness (QED) is 0.563. The van der Waals surface area contributed by atoms with Crippen LogP contribution in [0.25, 0.3) is 0 Å². The van der Waals surface area contributed by atoms with Gasteiger partial charge in [0.2, 0.25) is 6.79 Å². The van der Waals surface area contributed by atoms with Crippen LogP contribution in [0.4, 0.5) is 0 Å². The average molecular weight is 383 g/mol. The van der Waals surface area contributed by atoms with E-state index in [1.54, 1.807) is 18.2 Å². The zero-order chi connectivity index (χ0) is 19.9. The van der Waals surface area contributed by atoms with Crippen LogP contribution in [-0.4, -0.2) is 37.5 Å². The summed E-state index contributed by atoms with van der Waals surface area (Å²) in [6, 6.07) is 12.2. The maximum Gasteiger partial charge on any atom is 0.259 e. The molecule has 1 aliphatic rings. The van der Waals surface area contributed by atoms with Crippen LogP contribution in [0.5, 0.6) is 17.2 Å². The molecule has 2 N–H and O–H groups in total. The van der Waals surface area contributed by atoms with Gasteiger partial charge in [0.15, 0.2) is 11.5 Å². The topological polar surface area (TPSA) is 98.2 Å². The lowest BCUT2D eigenvalue weighted by Crippen LogP contribution is -2.34. The van der Waals surface area contributed by atoms with Crippen molar-refractivity contribution >= 4 is 18.0 Å². The van der Waals surface area contributed by atoms with Gasteiger partial charge in [-0.3, -0.25) is 9.59 Å². The zero-order valence-electron chi connectivity index (χ0n) is 15.6. The molecular formula is C20H21N3O5. The van der Waals surface area contributed by atoms with Crippen molar-refractivity contribution in [1.29, 1.82) is 0 Å². The van der Waals surface area contributed by atoms with Gasteiger partial charge in [-0.2, -0.15) is 5.10 Å². The molecule has 0 aromatic heterocycles. The van der Waals surface area contributed by atoms with Crippen LogP contribution in [0.1, 0.15) is 29.8 Å². The minimum atomic E-state index is -0.445. The van der Waals surface area contributed by atoms with E-state index in [9.17, 15) is 9.59 Å². The highest BCUT2D eigenvalue weighted by atomic mass is 16.7. The van der Waals surface area contributed by atoms with Gasteiger partial charge in [-0.25, -0.2) is 5.43 Å². The first-order valence-corrected chi connectivity index (χ1v) is 8.78. The molecule has 0 fully saturated rings. The zero-order valence-corrected chi connectivity index (χ0v) is 15.6. The molecule has 0 saturated heterocycles. The van der Waals surface area contributed by atoms with Crippen LogP contribution in [0.15, 0.2) is 47.6 Å². The van der Waals surface area contributed by atoms with Crippen molar-refractivity contribution in [2.24, 2.45) is 5.10 Å². The number of hydrazone groups is 1. The Hall–Kier alpha value is -3.55. The number of benzene rings is 2. The summed E-state index contributed by atoms with van der Waals surface area (Å²) in [5.41, 5.74) is 3.53. The van der Waals surface area contributed by atoms with E-state index in [1.165, 1.54) is 6.21 Å². The molecule has 0 radical (unpaired) electrons. The van der Waals surface area contributed by atoms with Crippen molar-refractivity contribution in [3.05, 3.63) is 53.6 Å². The van der Waals surface area contributed by atoms with Gasteiger partial charge in [-0.1, -0.05) is 12.1 Å². The molecule has 0 unspecified atom stereocenters. The molecule has 0 spiro atoms. The first-order chi connectivity index (χ1) is 13.5. The number of amides is 2. The SMILES string of the molecule is CC(C)Oc1cccc(C=NNC(=O)CNC(=O)c2ccc3c(c2)OCO3)c1. The Balaban J connectivity index is 1.46. The van der Waals surface area contributed by atoms with Crippen LogP contribution in [0.3, 0.4) is 0 Å². The van der Waals surface area contributed by atoms with E-state index in [0.29, 0.717) is 17.1 Å². The maximum atomic E-state index is 12.1. The molecule has 0 atom stereocenters. The van der Waals surface area contributed by atoms with E-state index in [4.69, 9.17) is 14.2 Å². The van der Waals surface area contributed by atoms with E-state index in [1.807, 2.05) is 38.1 Å². The molecule has 8 heteroatoms. The van der Waals surface area contributed by atoms with Gasteiger partial charge < -0.3 is 19.5 Å². The highest BCUT2D eigenvalue weighted by Gasteiger charge is 2.16. The molecule has 2 aromatic carbocycles. The minimum Gasteiger partial charge on any atom is -0.491 e. The number of carbonyl (C=O) groups is 2. The van der Waals surface area contributed by atoms with Crippen LogP contribution in [0.2, 0.25) is 0 Å². The van der Waals surface area contributed by atoms with Crippen LogP contribution >= 0.6 is 0 Å². The molecule has 2 amide bonds. The molecule has 3 rings (SSSR count). The van der Waals surface area contributed by atoms with Crippen molar-refractivity contribution < 1.29 is 23.8 Å². The Bertz CT molecular complexity index is 895. The lowest BCUT2D eigenvalue weighted by molar-refractivity contribution is -0.120. The Morgan fingerprint density at radius 3 is 2.82 bits per heavy atom. The predicted octanol–water partition coefficient (Wildman–Crippen LogP) is 2.08. The largest absolute Gasteiger partial charge is 0.491 e. The summed E-state index contributed by atoms with van der Waals surface area (Å²) in [4.78, 5) is 24.0. The second kappa shape index (κ2) is 8.90. The van der Waals surface area contributed by atoms with Gasteiger partial charge >= 0.3 is 0 Å². The van der Waals surface area contributed by atoms with Gasteiger partial charge in [-0.05, 0) is 49.7 Å². The molecule has 8 nitrogen and oxygen atoms in total. The summed E-state index contributed by atoms with van der Waals surface area (Å²) in [5, 5.41) is 6.42. The maximum absolute atomic E-state index is 12.1. The lowest BCUT2D eigenvalue weighted by atomic mass is 10.2. The fourth-order valence-electron chi connectivity index (χ4n) is 2.46. The first kappa shape index (κ1) is 19.2. The third kappa shape index (κ3) is 5.23. The van der Waals surface area contributed by atoms with Crippen LogP contribution in [0, 0.1) is 0 Å². The number of hydrogen-bond donors (Lipinski definition) is 2. The fourth-order valence-corrected chi connectivity index (χ4v) is 2.46. The minimum absolute atomic E-state index is 0.0697. The number of nitrogens with zero attached hydrogens (tertiary/aromatic N) is 1. The van der Waals surface area contributed by atoms with E-state index < -0.39 is 11.8 Å². The molecule has 0 aliphatic carbocycles. The predicted molar refractivity (Wildman–Crippen MR) is 103 cm³/mol. The van der Waals surface area contributed by atoms with Crippen molar-refractivity contribution in [2.45, 2.75) is 20.0 Å². The van der Waals surface area contributed by atoms with E-state index >= 15 is 0 Å². The normalized spacial score (nSPS) is 12.2. The highest BCUT2D eigenvalue weighted by Crippen LogP contribution is 2.32. The lowest BCUT2D eigenvalue weighted by Gasteiger charge is -2.09. The molecule has 2 aromatic rings. The van der Waals surface area contributed by atoms with Crippen molar-refractivity contribution in [3.8, 4) is 17.2 Å². The Labute approximate surface area is 162 Å². The average Bonchev–Trinajstić information content (AvgIpc) is 3.13. The molecule has 0 bridgehead atoms. The van der Waals surface area contributed by atoms with Gasteiger partial charge in [0, 0.05) is 5.56 Å². The number of hydrogen-bond acceptors (Lipinski definition) is 6. The Morgan fingerprint density at radius 1 is 1.18 bits per heavy atom. The fraction of sp³-hybridized carbons (Fsp3) is 0.250. The summed E-state index contributed by atoms with van der Waals surface area (Å²) in [5.74, 6) is 0.981. The second-order valence-corrected chi connectivity index (χ2v) is 6.28. The summed E-state index contributed by atoms with van der Waals surface area (Å²) in [6.45, 7) is 3.81. The second-order valence-electron chi connectivity index (χ2n) is 6.28. The molecule has 28 heavy (non-hydrogen) atoms. The number of nitrogens with one attached hydrogen (secondary N) is 2. The summed E-state index contributed by atoms with van der Waals surface area (Å²) in [7, 11) is 0. The number of rotatable bonds is 7. The molecule has 1 heterocycles. The highest BCUT2D eigenvalue weighted by molar-refractivity contribution is 5.97. The summed E-state index contributed by atoms with van der Waals surface area (Å²) < 4.78 is 16.0. The Morgan fingerprint density at radius 2 is 2.00 bits per heavy atom. The van der Waals surface area contributed by atoms with Crippen molar-refractivity contribution in [1.82, 2.24) is 10.7 Å². The van der Waals surface area contributed by atoms with E-state index in [0.717, 1.165) is 11.3 Å². The van der Waals surface area contributed by atoms with Crippen molar-refractivity contribution in [2.75, 3.05) is 13.3 Å². The van der Waals surface area contributed by atoms with Gasteiger partial charge in [0.05, 0.1) is 18.9 Å². The summed E-state index contributed by atoms with van der Waals surface area (Å²) >= 11 is 0. The standard InChI is InChI=1S/C20H21N3O5/c1-13(2)28-16-5-3-4-14(8-16)10-22-23-19(24)11-21-20(25)15-6-7-17-18(9-15)27-12-26-17/h3-10,13H,11-12H2,1-2H3,(H,21,25)(H,23,24). The van der Waals surface area contributed by atoms with E-state index in [-0.39, 0.29) is 19.4 Å². The molecule has 0 saturated carbocycles. The molecule has 1 aliphatic heterocycles. The monoisotopic (exact) mass is 383 g/mol.